The summed E-state index contributed by atoms with van der Waals surface area (Å²) in [5.41, 5.74) is 2.09. The molecule has 0 spiro atoms. The number of hydrogen-bond donors (Lipinski definition) is 1. The van der Waals surface area contributed by atoms with Crippen molar-refractivity contribution in [3.8, 4) is 10.8 Å². The molecule has 2 heterocycles. The SMILES string of the molecule is COc1ccccc1CNC(=O)c1ccc(-n2ccc3ccccc32)s1. The van der Waals surface area contributed by atoms with E-state index in [1.807, 2.05) is 54.7 Å². The Kier molecular flexibility index (Phi) is 4.46. The third-order valence-electron chi connectivity index (χ3n) is 4.28. The molecule has 4 aromatic rings. The van der Waals surface area contributed by atoms with Gasteiger partial charge in [-0.05, 0) is 35.7 Å². The van der Waals surface area contributed by atoms with E-state index in [4.69, 9.17) is 4.74 Å². The molecule has 0 fully saturated rings. The van der Waals surface area contributed by atoms with Crippen LogP contribution in [0.5, 0.6) is 5.75 Å². The number of amides is 1. The molecule has 2 aromatic carbocycles. The average molecular weight is 362 g/mol. The zero-order valence-electron chi connectivity index (χ0n) is 14.3. The Hall–Kier alpha value is -3.05. The van der Waals surface area contributed by atoms with E-state index < -0.39 is 0 Å². The second-order valence-corrected chi connectivity index (χ2v) is 6.94. The summed E-state index contributed by atoms with van der Waals surface area (Å²) in [6, 6.07) is 21.8. The van der Waals surface area contributed by atoms with Gasteiger partial charge < -0.3 is 14.6 Å². The number of nitrogens with zero attached hydrogens (tertiary/aromatic N) is 1. The van der Waals surface area contributed by atoms with E-state index in [0.29, 0.717) is 11.4 Å². The summed E-state index contributed by atoms with van der Waals surface area (Å²) in [7, 11) is 1.63. The van der Waals surface area contributed by atoms with Crippen molar-refractivity contribution >= 4 is 28.1 Å². The maximum absolute atomic E-state index is 12.5. The van der Waals surface area contributed by atoms with Crippen molar-refractivity contribution in [2.45, 2.75) is 6.54 Å². The smallest absolute Gasteiger partial charge is 0.261 e. The lowest BCUT2D eigenvalue weighted by molar-refractivity contribution is 0.0954. The van der Waals surface area contributed by atoms with E-state index in [-0.39, 0.29) is 5.91 Å². The van der Waals surface area contributed by atoms with Gasteiger partial charge in [0.05, 0.1) is 17.5 Å². The molecule has 0 unspecified atom stereocenters. The van der Waals surface area contributed by atoms with Crippen LogP contribution in [0.3, 0.4) is 0 Å². The van der Waals surface area contributed by atoms with E-state index >= 15 is 0 Å². The summed E-state index contributed by atoms with van der Waals surface area (Å²) in [4.78, 5) is 13.2. The average Bonchev–Trinajstić information content (AvgIpc) is 3.33. The molecular formula is C21H18N2O2S. The standard InChI is InChI=1S/C21H18N2O2S/c1-25-18-9-5-3-7-16(18)14-22-21(24)19-10-11-20(26-19)23-13-12-15-6-2-4-8-17(15)23/h2-13H,14H2,1H3,(H,22,24). The van der Waals surface area contributed by atoms with Crippen LogP contribution in [0.1, 0.15) is 15.2 Å². The van der Waals surface area contributed by atoms with Crippen molar-refractivity contribution in [3.05, 3.63) is 83.4 Å². The largest absolute Gasteiger partial charge is 0.496 e. The highest BCUT2D eigenvalue weighted by Gasteiger charge is 2.12. The molecule has 0 radical (unpaired) electrons. The molecule has 0 bridgehead atoms. The second-order valence-electron chi connectivity index (χ2n) is 5.88. The zero-order chi connectivity index (χ0) is 17.9. The summed E-state index contributed by atoms with van der Waals surface area (Å²) < 4.78 is 7.43. The number of nitrogens with one attached hydrogen (secondary N) is 1. The van der Waals surface area contributed by atoms with Gasteiger partial charge in [-0.3, -0.25) is 4.79 Å². The first-order valence-electron chi connectivity index (χ1n) is 8.32. The van der Waals surface area contributed by atoms with Crippen LogP contribution in [0, 0.1) is 0 Å². The lowest BCUT2D eigenvalue weighted by Gasteiger charge is -2.08. The van der Waals surface area contributed by atoms with Crippen molar-refractivity contribution < 1.29 is 9.53 Å². The minimum Gasteiger partial charge on any atom is -0.496 e. The molecule has 4 rings (SSSR count). The molecule has 2 aromatic heterocycles. The first-order chi connectivity index (χ1) is 12.8. The van der Waals surface area contributed by atoms with Crippen LogP contribution in [0.4, 0.5) is 0 Å². The Morgan fingerprint density at radius 3 is 2.73 bits per heavy atom. The maximum atomic E-state index is 12.5. The number of methoxy groups -OCH3 is 1. The third kappa shape index (κ3) is 3.09. The van der Waals surface area contributed by atoms with Gasteiger partial charge in [0, 0.05) is 18.3 Å². The van der Waals surface area contributed by atoms with Crippen LogP contribution in [0.15, 0.2) is 72.9 Å². The van der Waals surface area contributed by atoms with Gasteiger partial charge in [0.2, 0.25) is 0 Å². The molecule has 0 saturated heterocycles. The number of thiophene rings is 1. The predicted molar refractivity (Wildman–Crippen MR) is 105 cm³/mol. The van der Waals surface area contributed by atoms with Crippen LogP contribution >= 0.6 is 11.3 Å². The van der Waals surface area contributed by atoms with Crippen molar-refractivity contribution in [2.24, 2.45) is 0 Å². The number of aromatic nitrogens is 1. The van der Waals surface area contributed by atoms with E-state index in [0.717, 1.165) is 21.8 Å². The van der Waals surface area contributed by atoms with Gasteiger partial charge in [0.15, 0.2) is 0 Å². The highest BCUT2D eigenvalue weighted by Crippen LogP contribution is 2.26. The van der Waals surface area contributed by atoms with Crippen LogP contribution in [0.2, 0.25) is 0 Å². The van der Waals surface area contributed by atoms with Gasteiger partial charge in [-0.1, -0.05) is 36.4 Å². The van der Waals surface area contributed by atoms with Crippen LogP contribution < -0.4 is 10.1 Å². The van der Waals surface area contributed by atoms with E-state index in [1.54, 1.807) is 7.11 Å². The molecule has 0 aliphatic heterocycles. The molecule has 1 amide bonds. The van der Waals surface area contributed by atoms with E-state index in [9.17, 15) is 4.79 Å². The molecule has 0 aliphatic carbocycles. The van der Waals surface area contributed by atoms with Gasteiger partial charge >= 0.3 is 0 Å². The fourth-order valence-corrected chi connectivity index (χ4v) is 3.89. The number of para-hydroxylation sites is 2. The Bertz CT molecular complexity index is 1060. The minimum absolute atomic E-state index is 0.0800. The molecule has 0 aliphatic rings. The first-order valence-corrected chi connectivity index (χ1v) is 9.14. The normalized spacial score (nSPS) is 10.8. The maximum Gasteiger partial charge on any atom is 0.261 e. The fraction of sp³-hybridized carbons (Fsp3) is 0.0952. The molecular weight excluding hydrogens is 344 g/mol. The van der Waals surface area contributed by atoms with Crippen molar-refractivity contribution in [3.63, 3.8) is 0 Å². The van der Waals surface area contributed by atoms with Crippen LogP contribution in [-0.2, 0) is 6.54 Å². The van der Waals surface area contributed by atoms with Gasteiger partial charge in [0.1, 0.15) is 10.8 Å². The molecule has 0 atom stereocenters. The summed E-state index contributed by atoms with van der Waals surface area (Å²) >= 11 is 1.48. The van der Waals surface area contributed by atoms with E-state index in [1.165, 1.54) is 16.7 Å². The Balaban J connectivity index is 1.52. The summed E-state index contributed by atoms with van der Waals surface area (Å²) in [6.07, 6.45) is 2.03. The number of fused-ring (bicyclic) bond motifs is 1. The van der Waals surface area contributed by atoms with Crippen molar-refractivity contribution in [2.75, 3.05) is 7.11 Å². The summed E-state index contributed by atoms with van der Waals surface area (Å²) in [5, 5.41) is 5.17. The number of benzene rings is 2. The van der Waals surface area contributed by atoms with Crippen molar-refractivity contribution in [1.29, 1.82) is 0 Å². The zero-order valence-corrected chi connectivity index (χ0v) is 15.1. The van der Waals surface area contributed by atoms with Gasteiger partial charge in [-0.15, -0.1) is 11.3 Å². The van der Waals surface area contributed by atoms with E-state index in [2.05, 4.69) is 28.1 Å². The molecule has 0 saturated carbocycles. The number of carbonyl (C=O) groups excluding carboxylic acids is 1. The number of rotatable bonds is 5. The quantitative estimate of drug-likeness (QED) is 0.562. The van der Waals surface area contributed by atoms with Gasteiger partial charge in [0.25, 0.3) is 5.91 Å². The molecule has 5 heteroatoms. The van der Waals surface area contributed by atoms with Gasteiger partial charge in [-0.25, -0.2) is 0 Å². The summed E-state index contributed by atoms with van der Waals surface area (Å²) in [6.45, 7) is 0.433. The minimum atomic E-state index is -0.0800. The summed E-state index contributed by atoms with van der Waals surface area (Å²) in [5.74, 6) is 0.696. The van der Waals surface area contributed by atoms with Crippen LogP contribution in [-0.4, -0.2) is 17.6 Å². The fourth-order valence-electron chi connectivity index (χ4n) is 2.97. The topological polar surface area (TPSA) is 43.3 Å². The first kappa shape index (κ1) is 16.4. The molecule has 26 heavy (non-hydrogen) atoms. The number of ether oxygens (including phenoxy) is 1. The highest BCUT2D eigenvalue weighted by atomic mass is 32.1. The molecule has 1 N–H and O–H groups in total. The predicted octanol–water partition coefficient (Wildman–Crippen LogP) is 4.63. The third-order valence-corrected chi connectivity index (χ3v) is 5.37. The monoisotopic (exact) mass is 362 g/mol. The van der Waals surface area contributed by atoms with Gasteiger partial charge in [-0.2, -0.15) is 0 Å². The Morgan fingerprint density at radius 1 is 1.04 bits per heavy atom. The lowest BCUT2D eigenvalue weighted by atomic mass is 10.2. The Morgan fingerprint density at radius 2 is 1.85 bits per heavy atom. The number of carbonyl (C=O) groups is 1. The Labute approximate surface area is 155 Å². The second kappa shape index (κ2) is 7.06. The highest BCUT2D eigenvalue weighted by molar-refractivity contribution is 7.16. The van der Waals surface area contributed by atoms with Crippen LogP contribution in [0.25, 0.3) is 15.9 Å². The number of hydrogen-bond acceptors (Lipinski definition) is 3. The van der Waals surface area contributed by atoms with Crippen molar-refractivity contribution in [1.82, 2.24) is 9.88 Å². The molecule has 130 valence electrons. The lowest BCUT2D eigenvalue weighted by Crippen LogP contribution is -2.22. The molecule has 4 nitrogen and oxygen atoms in total.